The maximum atomic E-state index is 9.08. The molecule has 0 amide bonds. The Morgan fingerprint density at radius 2 is 1.91 bits per heavy atom. The number of fused-ring (bicyclic) bond motifs is 1. The first-order chi connectivity index (χ1) is 10.9. The van der Waals surface area contributed by atoms with Crippen molar-refractivity contribution >= 4 is 10.1 Å². The lowest BCUT2D eigenvalue weighted by molar-refractivity contribution is -0.710. The van der Waals surface area contributed by atoms with E-state index in [1.54, 1.807) is 0 Å². The minimum absolute atomic E-state index is 0.571. The number of hydrogen-bond donors (Lipinski definition) is 0. The Hall–Kier alpha value is -2.12. The molecule has 0 fully saturated rings. The molecule has 2 aromatic rings. The first-order valence-electron chi connectivity index (χ1n) is 7.16. The molecule has 0 aliphatic carbocycles. The van der Waals surface area contributed by atoms with Gasteiger partial charge in [0.2, 0.25) is 5.75 Å². The highest BCUT2D eigenvalue weighted by atomic mass is 32.2. The Kier molecular flexibility index (Phi) is 5.95. The van der Waals surface area contributed by atoms with Crippen LogP contribution in [-0.4, -0.2) is 25.8 Å². The van der Waals surface area contributed by atoms with Gasteiger partial charge in [-0.25, -0.2) is 8.42 Å². The summed E-state index contributed by atoms with van der Waals surface area (Å²) < 4.78 is 40.9. The quantitative estimate of drug-likeness (QED) is 0.626. The number of nitrogens with zero attached hydrogens (tertiary/aromatic N) is 1. The van der Waals surface area contributed by atoms with Crippen molar-refractivity contribution in [3.05, 3.63) is 54.2 Å². The van der Waals surface area contributed by atoms with E-state index in [9.17, 15) is 0 Å². The van der Waals surface area contributed by atoms with Crippen LogP contribution in [0.2, 0.25) is 0 Å². The van der Waals surface area contributed by atoms with Gasteiger partial charge in [-0.15, -0.1) is 0 Å². The Bertz CT molecular complexity index is 723. The average Bonchev–Trinajstić information content (AvgIpc) is 2.52. The van der Waals surface area contributed by atoms with Crippen LogP contribution in [0.3, 0.4) is 0 Å². The molecule has 0 saturated carbocycles. The summed E-state index contributed by atoms with van der Waals surface area (Å²) in [4.78, 5) is 0. The molecule has 0 atom stereocenters. The van der Waals surface area contributed by atoms with Crippen LogP contribution in [-0.2, 0) is 23.3 Å². The van der Waals surface area contributed by atoms with Gasteiger partial charge in [-0.05, 0) is 11.6 Å². The van der Waals surface area contributed by atoms with E-state index in [1.807, 2.05) is 36.5 Å². The van der Waals surface area contributed by atoms with Gasteiger partial charge in [-0.1, -0.05) is 30.3 Å². The van der Waals surface area contributed by atoms with Crippen LogP contribution in [0.5, 0.6) is 11.6 Å². The number of aryl methyl sites for hydroxylation is 1. The topological polar surface area (TPSA) is 79.5 Å². The predicted octanol–water partition coefficient (Wildman–Crippen LogP) is 1.50. The number of ether oxygens (including phenoxy) is 2. The summed E-state index contributed by atoms with van der Waals surface area (Å²) in [7, 11) is -3.92. The van der Waals surface area contributed by atoms with Crippen LogP contribution in [0.25, 0.3) is 0 Å². The summed E-state index contributed by atoms with van der Waals surface area (Å²) in [6.45, 7) is 2.34. The molecule has 0 bridgehead atoms. The summed E-state index contributed by atoms with van der Waals surface area (Å²) in [5.41, 5.74) is 1.16. The molecule has 0 radical (unpaired) electrons. The van der Waals surface area contributed by atoms with Crippen molar-refractivity contribution in [2.75, 3.05) is 12.9 Å². The van der Waals surface area contributed by atoms with Gasteiger partial charge < -0.3 is 14.0 Å². The highest BCUT2D eigenvalue weighted by Crippen LogP contribution is 2.25. The molecule has 23 heavy (non-hydrogen) atoms. The number of benzene rings is 1. The van der Waals surface area contributed by atoms with Gasteiger partial charge in [0.05, 0.1) is 10.1 Å². The summed E-state index contributed by atoms with van der Waals surface area (Å²) in [6.07, 6.45) is 3.69. The largest absolute Gasteiger partial charge is 0.748 e. The minimum atomic E-state index is -3.92. The van der Waals surface area contributed by atoms with Gasteiger partial charge in [-0.2, -0.15) is 4.57 Å². The van der Waals surface area contributed by atoms with Crippen molar-refractivity contribution in [2.24, 2.45) is 0 Å². The number of pyridine rings is 1. The predicted molar refractivity (Wildman–Crippen MR) is 83.1 cm³/mol. The molecule has 0 N–H and O–H groups in total. The smallest absolute Gasteiger partial charge is 0.411 e. The number of rotatable bonds is 3. The van der Waals surface area contributed by atoms with Crippen molar-refractivity contribution in [3.63, 3.8) is 0 Å². The van der Waals surface area contributed by atoms with Gasteiger partial charge >= 0.3 is 5.88 Å². The molecule has 0 unspecified atom stereocenters. The molecule has 2 heterocycles. The van der Waals surface area contributed by atoms with E-state index in [0.29, 0.717) is 12.9 Å². The molecule has 0 spiro atoms. The lowest BCUT2D eigenvalue weighted by atomic mass is 10.2. The molecule has 7 heteroatoms. The molecular weight excluding hydrogens is 318 g/mol. The van der Waals surface area contributed by atoms with Crippen molar-refractivity contribution < 1.29 is 27.0 Å². The van der Waals surface area contributed by atoms with Crippen LogP contribution in [0, 0.1) is 0 Å². The number of hydrogen-bond acceptors (Lipinski definition) is 5. The second kappa shape index (κ2) is 7.94. The maximum Gasteiger partial charge on any atom is 0.411 e. The normalized spacial score (nSPS) is 13.1. The molecule has 0 saturated heterocycles. The van der Waals surface area contributed by atoms with Crippen molar-refractivity contribution in [1.82, 2.24) is 0 Å². The van der Waals surface area contributed by atoms with E-state index in [1.165, 1.54) is 0 Å². The van der Waals surface area contributed by atoms with E-state index < -0.39 is 10.1 Å². The zero-order valence-corrected chi connectivity index (χ0v) is 13.7. The molecule has 1 aliphatic heterocycles. The highest BCUT2D eigenvalue weighted by molar-refractivity contribution is 7.84. The zero-order chi connectivity index (χ0) is 16.7. The molecule has 1 aromatic heterocycles. The Balaban J connectivity index is 0.000000338. The van der Waals surface area contributed by atoms with Crippen molar-refractivity contribution in [3.8, 4) is 11.6 Å². The number of aromatic nitrogens is 1. The minimum Gasteiger partial charge on any atom is -0.748 e. The van der Waals surface area contributed by atoms with Gasteiger partial charge in [0, 0.05) is 18.7 Å². The van der Waals surface area contributed by atoms with Crippen LogP contribution in [0.4, 0.5) is 0 Å². The molecule has 1 aliphatic rings. The second-order valence-corrected chi connectivity index (χ2v) is 6.46. The van der Waals surface area contributed by atoms with Crippen LogP contribution >= 0.6 is 0 Å². The first-order valence-corrected chi connectivity index (χ1v) is 8.98. The molecule has 6 nitrogen and oxygen atoms in total. The third kappa shape index (κ3) is 6.25. The van der Waals surface area contributed by atoms with Gasteiger partial charge in [0.25, 0.3) is 0 Å². The van der Waals surface area contributed by atoms with Crippen molar-refractivity contribution in [1.29, 1.82) is 0 Å². The Morgan fingerprint density at radius 3 is 2.61 bits per heavy atom. The lowest BCUT2D eigenvalue weighted by Crippen LogP contribution is -2.40. The highest BCUT2D eigenvalue weighted by Gasteiger charge is 2.22. The monoisotopic (exact) mass is 337 g/mol. The average molecular weight is 337 g/mol. The standard InChI is InChI=1S/C15H16NO2.CH4O3S/c1-2-6-13(7-3-1)12-18-14-8-4-9-16-10-5-11-17-15(14)16;1-5(2,3)4/h1-4,6-9H,5,10-12H2;1H3,(H,2,3,4)/q+1;/p-1. The second-order valence-electron chi connectivity index (χ2n) is 5.05. The molecule has 3 rings (SSSR count). The maximum absolute atomic E-state index is 9.08. The van der Waals surface area contributed by atoms with Crippen LogP contribution < -0.4 is 14.0 Å². The zero-order valence-electron chi connectivity index (χ0n) is 12.8. The third-order valence-corrected chi connectivity index (χ3v) is 3.00. The Labute approximate surface area is 136 Å². The fourth-order valence-corrected chi connectivity index (χ4v) is 2.09. The van der Waals surface area contributed by atoms with Crippen LogP contribution in [0.15, 0.2) is 48.7 Å². The third-order valence-electron chi connectivity index (χ3n) is 3.00. The van der Waals surface area contributed by atoms with E-state index in [4.69, 9.17) is 22.4 Å². The lowest BCUT2D eigenvalue weighted by Gasteiger charge is -2.14. The summed E-state index contributed by atoms with van der Waals surface area (Å²) in [6, 6.07) is 14.1. The van der Waals surface area contributed by atoms with Crippen molar-refractivity contribution in [2.45, 2.75) is 19.6 Å². The summed E-state index contributed by atoms with van der Waals surface area (Å²) in [5.74, 6) is 1.67. The van der Waals surface area contributed by atoms with E-state index in [-0.39, 0.29) is 0 Å². The molecule has 124 valence electrons. The fraction of sp³-hybridized carbons (Fsp3) is 0.312. The van der Waals surface area contributed by atoms with E-state index in [0.717, 1.165) is 36.8 Å². The SMILES string of the molecule is CS(=O)(=O)[O-].c1ccc(COc2ccc[n+]3c2OCCC3)cc1. The van der Waals surface area contributed by atoms with Gasteiger partial charge in [0.15, 0.2) is 12.7 Å². The van der Waals surface area contributed by atoms with Gasteiger partial charge in [-0.3, -0.25) is 0 Å². The Morgan fingerprint density at radius 1 is 1.22 bits per heavy atom. The fourth-order valence-electron chi connectivity index (χ4n) is 2.09. The van der Waals surface area contributed by atoms with Gasteiger partial charge in [0.1, 0.15) is 13.2 Å². The van der Waals surface area contributed by atoms with E-state index in [2.05, 4.69) is 16.7 Å². The summed E-state index contributed by atoms with van der Waals surface area (Å²) in [5, 5.41) is 0. The van der Waals surface area contributed by atoms with Crippen LogP contribution in [0.1, 0.15) is 12.0 Å². The molecular formula is C16H19NO5S. The summed E-state index contributed by atoms with van der Waals surface area (Å²) >= 11 is 0. The molecule has 1 aromatic carbocycles. The van der Waals surface area contributed by atoms with E-state index >= 15 is 0 Å². The first kappa shape index (κ1) is 17.2.